The van der Waals surface area contributed by atoms with Crippen LogP contribution in [0.5, 0.6) is 0 Å². The van der Waals surface area contributed by atoms with Gasteiger partial charge in [0.25, 0.3) is 0 Å². The third kappa shape index (κ3) is 3.05. The van der Waals surface area contributed by atoms with Crippen molar-refractivity contribution >= 4 is 44.6 Å². The van der Waals surface area contributed by atoms with Gasteiger partial charge in [-0.3, -0.25) is 0 Å². The summed E-state index contributed by atoms with van der Waals surface area (Å²) in [5, 5.41) is 2.99. The van der Waals surface area contributed by atoms with Crippen molar-refractivity contribution in [1.82, 2.24) is 9.97 Å². The first-order chi connectivity index (χ1) is 8.99. The number of halogens is 2. The zero-order chi connectivity index (χ0) is 14.0. The fraction of sp³-hybridized carbons (Fsp3) is 0.0833. The molecule has 0 unspecified atom stereocenters. The van der Waals surface area contributed by atoms with Crippen LogP contribution in [0, 0.1) is 12.7 Å². The number of hydrogen-bond acceptors (Lipinski definition) is 4. The molecular formula is C12H10BrFN4S. The van der Waals surface area contributed by atoms with Crippen LogP contribution in [-0.2, 0) is 0 Å². The van der Waals surface area contributed by atoms with E-state index in [4.69, 9.17) is 18.0 Å². The van der Waals surface area contributed by atoms with Crippen LogP contribution in [0.3, 0.4) is 0 Å². The number of nitrogens with zero attached hydrogens (tertiary/aromatic N) is 2. The Labute approximate surface area is 123 Å². The third-order valence-corrected chi connectivity index (χ3v) is 3.25. The summed E-state index contributed by atoms with van der Waals surface area (Å²) in [6.45, 7) is 1.85. The number of rotatable bonds is 3. The Kier molecular flexibility index (Phi) is 4.06. The molecule has 0 fully saturated rings. The van der Waals surface area contributed by atoms with E-state index in [1.54, 1.807) is 6.07 Å². The molecule has 4 nitrogen and oxygen atoms in total. The summed E-state index contributed by atoms with van der Waals surface area (Å²) in [6, 6.07) is 3.05. The Hall–Kier alpha value is -1.60. The molecule has 0 atom stereocenters. The lowest BCUT2D eigenvalue weighted by Gasteiger charge is -2.12. The van der Waals surface area contributed by atoms with Crippen molar-refractivity contribution < 1.29 is 4.39 Å². The SMILES string of the molecule is Cc1cc(Br)c(F)cc1Nc1nccnc1C(N)=S. The van der Waals surface area contributed by atoms with Crippen molar-refractivity contribution in [2.24, 2.45) is 5.73 Å². The van der Waals surface area contributed by atoms with Crippen LogP contribution in [0.2, 0.25) is 0 Å². The molecule has 19 heavy (non-hydrogen) atoms. The van der Waals surface area contributed by atoms with Gasteiger partial charge in [-0.2, -0.15) is 0 Å². The molecule has 0 aliphatic carbocycles. The molecule has 7 heteroatoms. The fourth-order valence-corrected chi connectivity index (χ4v) is 2.13. The highest BCUT2D eigenvalue weighted by molar-refractivity contribution is 9.10. The molecule has 0 aliphatic rings. The molecule has 1 aromatic heterocycles. The van der Waals surface area contributed by atoms with Crippen molar-refractivity contribution in [1.29, 1.82) is 0 Å². The van der Waals surface area contributed by atoms with Gasteiger partial charge in [0.2, 0.25) is 0 Å². The van der Waals surface area contributed by atoms with Gasteiger partial charge in [-0.05, 0) is 40.5 Å². The highest BCUT2D eigenvalue weighted by Gasteiger charge is 2.11. The first-order valence-corrected chi connectivity index (χ1v) is 6.52. The molecule has 0 saturated carbocycles. The average Bonchev–Trinajstić information content (AvgIpc) is 2.36. The lowest BCUT2D eigenvalue weighted by atomic mass is 10.2. The van der Waals surface area contributed by atoms with E-state index in [9.17, 15) is 4.39 Å². The molecule has 98 valence electrons. The zero-order valence-corrected chi connectivity index (χ0v) is 12.3. The van der Waals surface area contributed by atoms with Crippen LogP contribution in [0.1, 0.15) is 11.3 Å². The molecule has 0 aliphatic heterocycles. The summed E-state index contributed by atoms with van der Waals surface area (Å²) < 4.78 is 14.0. The second kappa shape index (κ2) is 5.58. The number of thiocarbonyl (C=S) groups is 1. The lowest BCUT2D eigenvalue weighted by Crippen LogP contribution is -2.15. The molecule has 3 N–H and O–H groups in total. The second-order valence-corrected chi connectivity index (χ2v) is 5.12. The van der Waals surface area contributed by atoms with E-state index < -0.39 is 0 Å². The molecule has 0 bridgehead atoms. The number of benzene rings is 1. The first kappa shape index (κ1) is 13.8. The topological polar surface area (TPSA) is 63.8 Å². The summed E-state index contributed by atoms with van der Waals surface area (Å²) in [7, 11) is 0. The maximum absolute atomic E-state index is 13.5. The number of aryl methyl sites for hydroxylation is 1. The van der Waals surface area contributed by atoms with Crippen LogP contribution in [0.4, 0.5) is 15.9 Å². The number of anilines is 2. The molecule has 0 amide bonds. The Bertz CT molecular complexity index is 648. The molecule has 1 aromatic carbocycles. The maximum Gasteiger partial charge on any atom is 0.159 e. The summed E-state index contributed by atoms with van der Waals surface area (Å²) in [5.74, 6) is 0.0358. The van der Waals surface area contributed by atoms with Gasteiger partial charge in [-0.15, -0.1) is 0 Å². The van der Waals surface area contributed by atoms with Gasteiger partial charge in [0.05, 0.1) is 4.47 Å². The van der Waals surface area contributed by atoms with Gasteiger partial charge < -0.3 is 11.1 Å². The summed E-state index contributed by atoms with van der Waals surface area (Å²) in [5.41, 5.74) is 7.38. The average molecular weight is 341 g/mol. The van der Waals surface area contributed by atoms with E-state index in [2.05, 4.69) is 31.2 Å². The Morgan fingerprint density at radius 3 is 2.74 bits per heavy atom. The highest BCUT2D eigenvalue weighted by Crippen LogP contribution is 2.26. The molecule has 0 spiro atoms. The van der Waals surface area contributed by atoms with Gasteiger partial charge in [0.1, 0.15) is 16.5 Å². The standard InChI is InChI=1S/C12H10BrFN4S/c1-6-4-7(13)8(14)5-9(6)18-12-10(11(15)19)16-2-3-17-12/h2-5H,1H3,(H2,15,19)(H,17,18). The van der Waals surface area contributed by atoms with E-state index in [1.165, 1.54) is 18.5 Å². The smallest absolute Gasteiger partial charge is 0.159 e. The molecular weight excluding hydrogens is 331 g/mol. The van der Waals surface area contributed by atoms with Crippen molar-refractivity contribution in [3.63, 3.8) is 0 Å². The minimum atomic E-state index is -0.367. The van der Waals surface area contributed by atoms with Crippen molar-refractivity contribution in [3.05, 3.63) is 46.1 Å². The second-order valence-electron chi connectivity index (χ2n) is 3.82. The molecule has 2 rings (SSSR count). The van der Waals surface area contributed by atoms with Gasteiger partial charge >= 0.3 is 0 Å². The fourth-order valence-electron chi connectivity index (χ4n) is 1.52. The van der Waals surface area contributed by atoms with Gasteiger partial charge in [0, 0.05) is 18.1 Å². The summed E-state index contributed by atoms with van der Waals surface area (Å²) >= 11 is 8.03. The lowest BCUT2D eigenvalue weighted by molar-refractivity contribution is 0.621. The van der Waals surface area contributed by atoms with Crippen LogP contribution >= 0.6 is 28.1 Å². The Morgan fingerprint density at radius 2 is 2.05 bits per heavy atom. The van der Waals surface area contributed by atoms with Crippen molar-refractivity contribution in [3.8, 4) is 0 Å². The predicted octanol–water partition coefficient (Wildman–Crippen LogP) is 3.06. The van der Waals surface area contributed by atoms with Crippen molar-refractivity contribution in [2.75, 3.05) is 5.32 Å². The number of hydrogen-bond donors (Lipinski definition) is 2. The van der Waals surface area contributed by atoms with E-state index in [0.29, 0.717) is 21.7 Å². The number of nitrogens with two attached hydrogens (primary N) is 1. The zero-order valence-electron chi connectivity index (χ0n) is 9.95. The minimum Gasteiger partial charge on any atom is -0.388 e. The van der Waals surface area contributed by atoms with Crippen LogP contribution < -0.4 is 11.1 Å². The van der Waals surface area contributed by atoms with Gasteiger partial charge in [-0.1, -0.05) is 12.2 Å². The quantitative estimate of drug-likeness (QED) is 0.840. The highest BCUT2D eigenvalue weighted by atomic mass is 79.9. The number of aromatic nitrogens is 2. The first-order valence-electron chi connectivity index (χ1n) is 5.32. The largest absolute Gasteiger partial charge is 0.388 e. The third-order valence-electron chi connectivity index (χ3n) is 2.45. The Balaban J connectivity index is 2.42. The Morgan fingerprint density at radius 1 is 1.37 bits per heavy atom. The van der Waals surface area contributed by atoms with E-state index in [1.807, 2.05) is 6.92 Å². The van der Waals surface area contributed by atoms with Crippen LogP contribution in [0.25, 0.3) is 0 Å². The maximum atomic E-state index is 13.5. The van der Waals surface area contributed by atoms with Crippen LogP contribution in [0.15, 0.2) is 29.0 Å². The van der Waals surface area contributed by atoms with Gasteiger partial charge in [0.15, 0.2) is 5.82 Å². The normalized spacial score (nSPS) is 10.3. The van der Waals surface area contributed by atoms with E-state index in [-0.39, 0.29) is 10.8 Å². The predicted molar refractivity (Wildman–Crippen MR) is 80.0 cm³/mol. The van der Waals surface area contributed by atoms with E-state index >= 15 is 0 Å². The monoisotopic (exact) mass is 340 g/mol. The van der Waals surface area contributed by atoms with E-state index in [0.717, 1.165) is 5.56 Å². The summed E-state index contributed by atoms with van der Waals surface area (Å²) in [6.07, 6.45) is 3.00. The minimum absolute atomic E-state index is 0.130. The van der Waals surface area contributed by atoms with Gasteiger partial charge in [-0.25, -0.2) is 14.4 Å². The molecule has 0 saturated heterocycles. The summed E-state index contributed by atoms with van der Waals surface area (Å²) in [4.78, 5) is 8.29. The molecule has 0 radical (unpaired) electrons. The molecule has 1 heterocycles. The van der Waals surface area contributed by atoms with Crippen molar-refractivity contribution in [2.45, 2.75) is 6.92 Å². The number of nitrogens with one attached hydrogen (secondary N) is 1. The molecule has 2 aromatic rings. The van der Waals surface area contributed by atoms with Crippen LogP contribution in [-0.4, -0.2) is 15.0 Å².